The van der Waals surface area contributed by atoms with Gasteiger partial charge >= 0.3 is 0 Å². The Morgan fingerprint density at radius 2 is 1.90 bits per heavy atom. The van der Waals surface area contributed by atoms with Gasteiger partial charge in [0.25, 0.3) is 5.91 Å². The van der Waals surface area contributed by atoms with Gasteiger partial charge in [0.05, 0.1) is 13.2 Å². The van der Waals surface area contributed by atoms with Crippen LogP contribution in [0.2, 0.25) is 0 Å². The maximum atomic E-state index is 12.5. The lowest BCUT2D eigenvalue weighted by Gasteiger charge is -2.31. The van der Waals surface area contributed by atoms with Crippen LogP contribution in [0.15, 0.2) is 30.6 Å². The van der Waals surface area contributed by atoms with E-state index in [1.54, 1.807) is 30.6 Å². The van der Waals surface area contributed by atoms with Gasteiger partial charge in [-0.15, -0.1) is 10.2 Å². The predicted octanol–water partition coefficient (Wildman–Crippen LogP) is 2.61. The standard InChI is InChI=1S/C22H31N5O3/c1-3-5-14-30-19-8-6-18(7-9-19)22(29)23-15-20(28)27-12-10-17(11-13-27)21-25-24-16-26(21)4-2/h6-9,16-17H,3-5,10-15H2,1-2H3,(H,23,29). The van der Waals surface area contributed by atoms with E-state index in [1.807, 2.05) is 4.90 Å². The van der Waals surface area contributed by atoms with E-state index in [-0.39, 0.29) is 18.4 Å². The third-order valence-corrected chi connectivity index (χ3v) is 5.48. The normalized spacial score (nSPS) is 14.5. The van der Waals surface area contributed by atoms with E-state index in [9.17, 15) is 9.59 Å². The van der Waals surface area contributed by atoms with Gasteiger partial charge in [-0.25, -0.2) is 0 Å². The molecule has 1 aromatic carbocycles. The molecule has 0 aliphatic carbocycles. The van der Waals surface area contributed by atoms with Crippen molar-refractivity contribution in [1.82, 2.24) is 25.0 Å². The van der Waals surface area contributed by atoms with Crippen molar-refractivity contribution in [2.45, 2.75) is 52.0 Å². The average Bonchev–Trinajstić information content (AvgIpc) is 3.27. The Hall–Kier alpha value is -2.90. The molecule has 0 radical (unpaired) electrons. The molecule has 1 fully saturated rings. The summed E-state index contributed by atoms with van der Waals surface area (Å²) in [5.74, 6) is 1.76. The van der Waals surface area contributed by atoms with Crippen molar-refractivity contribution in [2.75, 3.05) is 26.2 Å². The highest BCUT2D eigenvalue weighted by Gasteiger charge is 2.26. The molecule has 0 bridgehead atoms. The van der Waals surface area contributed by atoms with Crippen LogP contribution in [0.25, 0.3) is 0 Å². The number of ether oxygens (including phenoxy) is 1. The van der Waals surface area contributed by atoms with Gasteiger partial charge in [0, 0.05) is 31.1 Å². The molecule has 0 unspecified atom stereocenters. The third kappa shape index (κ3) is 5.58. The van der Waals surface area contributed by atoms with Crippen molar-refractivity contribution < 1.29 is 14.3 Å². The van der Waals surface area contributed by atoms with Gasteiger partial charge in [-0.2, -0.15) is 0 Å². The van der Waals surface area contributed by atoms with E-state index in [0.29, 0.717) is 31.2 Å². The second-order valence-electron chi connectivity index (χ2n) is 7.54. The summed E-state index contributed by atoms with van der Waals surface area (Å²) >= 11 is 0. The quantitative estimate of drug-likeness (QED) is 0.639. The lowest BCUT2D eigenvalue weighted by atomic mass is 9.96. The summed E-state index contributed by atoms with van der Waals surface area (Å²) in [4.78, 5) is 26.7. The summed E-state index contributed by atoms with van der Waals surface area (Å²) in [6.07, 6.45) is 5.55. The fourth-order valence-corrected chi connectivity index (χ4v) is 3.62. The van der Waals surface area contributed by atoms with E-state index in [2.05, 4.69) is 33.9 Å². The van der Waals surface area contributed by atoms with Gasteiger partial charge in [-0.3, -0.25) is 9.59 Å². The van der Waals surface area contributed by atoms with E-state index in [1.165, 1.54) is 0 Å². The highest BCUT2D eigenvalue weighted by molar-refractivity contribution is 5.96. The van der Waals surface area contributed by atoms with E-state index in [0.717, 1.165) is 43.8 Å². The molecule has 1 aliphatic rings. The lowest BCUT2D eigenvalue weighted by Crippen LogP contribution is -2.44. The van der Waals surface area contributed by atoms with Gasteiger partial charge in [0.1, 0.15) is 17.9 Å². The monoisotopic (exact) mass is 413 g/mol. The number of carbonyl (C=O) groups is 2. The summed E-state index contributed by atoms with van der Waals surface area (Å²) < 4.78 is 7.66. The number of nitrogens with zero attached hydrogens (tertiary/aromatic N) is 4. The van der Waals surface area contributed by atoms with Crippen molar-refractivity contribution in [2.24, 2.45) is 0 Å². The van der Waals surface area contributed by atoms with Crippen LogP contribution < -0.4 is 10.1 Å². The molecule has 8 nitrogen and oxygen atoms in total. The number of hydrogen-bond donors (Lipinski definition) is 1. The number of amides is 2. The van der Waals surface area contributed by atoms with Crippen LogP contribution in [0.1, 0.15) is 61.6 Å². The Bertz CT molecular complexity index is 826. The predicted molar refractivity (Wildman–Crippen MR) is 113 cm³/mol. The number of unbranched alkanes of at least 4 members (excludes halogenated alkanes) is 1. The fourth-order valence-electron chi connectivity index (χ4n) is 3.62. The van der Waals surface area contributed by atoms with Gasteiger partial charge in [0.15, 0.2) is 0 Å². The molecule has 1 N–H and O–H groups in total. The fraction of sp³-hybridized carbons (Fsp3) is 0.545. The first-order valence-electron chi connectivity index (χ1n) is 10.8. The largest absolute Gasteiger partial charge is 0.494 e. The molecule has 2 aromatic rings. The molecule has 1 saturated heterocycles. The average molecular weight is 414 g/mol. The number of nitrogens with one attached hydrogen (secondary N) is 1. The molecule has 8 heteroatoms. The molecule has 3 rings (SSSR count). The minimum atomic E-state index is -0.255. The molecule has 162 valence electrons. The molecule has 0 saturated carbocycles. The molecule has 2 amide bonds. The highest BCUT2D eigenvalue weighted by Crippen LogP contribution is 2.26. The second kappa shape index (κ2) is 10.8. The Morgan fingerprint density at radius 1 is 1.17 bits per heavy atom. The van der Waals surface area contributed by atoms with Crippen LogP contribution >= 0.6 is 0 Å². The van der Waals surface area contributed by atoms with Crippen molar-refractivity contribution in [3.05, 3.63) is 42.0 Å². The Balaban J connectivity index is 1.43. The van der Waals surface area contributed by atoms with Crippen LogP contribution in [-0.2, 0) is 11.3 Å². The van der Waals surface area contributed by atoms with Crippen LogP contribution in [0.3, 0.4) is 0 Å². The van der Waals surface area contributed by atoms with Crippen LogP contribution in [0, 0.1) is 0 Å². The number of benzene rings is 1. The number of piperidine rings is 1. The molecule has 30 heavy (non-hydrogen) atoms. The number of aromatic nitrogens is 3. The molecule has 2 heterocycles. The third-order valence-electron chi connectivity index (χ3n) is 5.48. The summed E-state index contributed by atoms with van der Waals surface area (Å²) in [5.41, 5.74) is 0.517. The zero-order chi connectivity index (χ0) is 21.3. The van der Waals surface area contributed by atoms with Crippen molar-refractivity contribution in [3.8, 4) is 5.75 Å². The van der Waals surface area contributed by atoms with Crippen molar-refractivity contribution in [3.63, 3.8) is 0 Å². The lowest BCUT2D eigenvalue weighted by molar-refractivity contribution is -0.131. The van der Waals surface area contributed by atoms with Crippen LogP contribution in [-0.4, -0.2) is 57.7 Å². The number of carbonyl (C=O) groups excluding carboxylic acids is 2. The topological polar surface area (TPSA) is 89.3 Å². The van der Waals surface area contributed by atoms with Gasteiger partial charge < -0.3 is 19.5 Å². The zero-order valence-electron chi connectivity index (χ0n) is 17.8. The zero-order valence-corrected chi connectivity index (χ0v) is 17.8. The molecule has 1 aromatic heterocycles. The first-order chi connectivity index (χ1) is 14.6. The molecular formula is C22H31N5O3. The summed E-state index contributed by atoms with van der Waals surface area (Å²) in [5, 5.41) is 11.0. The van der Waals surface area contributed by atoms with Crippen molar-refractivity contribution in [1.29, 1.82) is 0 Å². The molecule has 1 aliphatic heterocycles. The molecule has 0 atom stereocenters. The number of likely N-dealkylation sites (tertiary alicyclic amines) is 1. The summed E-state index contributed by atoms with van der Waals surface area (Å²) in [7, 11) is 0. The first kappa shape index (κ1) is 21.8. The number of hydrogen-bond acceptors (Lipinski definition) is 5. The van der Waals surface area contributed by atoms with E-state index >= 15 is 0 Å². The molecular weight excluding hydrogens is 382 g/mol. The second-order valence-corrected chi connectivity index (χ2v) is 7.54. The van der Waals surface area contributed by atoms with Gasteiger partial charge in [-0.1, -0.05) is 13.3 Å². The van der Waals surface area contributed by atoms with Crippen LogP contribution in [0.4, 0.5) is 0 Å². The van der Waals surface area contributed by atoms with Crippen molar-refractivity contribution >= 4 is 11.8 Å². The van der Waals surface area contributed by atoms with Gasteiger partial charge in [0.2, 0.25) is 5.91 Å². The van der Waals surface area contributed by atoms with Gasteiger partial charge in [-0.05, 0) is 50.5 Å². The molecule has 0 spiro atoms. The Kier molecular flexibility index (Phi) is 7.82. The summed E-state index contributed by atoms with van der Waals surface area (Å²) in [6, 6.07) is 7.01. The minimum absolute atomic E-state index is 0.00337. The van der Waals surface area contributed by atoms with E-state index < -0.39 is 0 Å². The maximum absolute atomic E-state index is 12.5. The Morgan fingerprint density at radius 3 is 2.57 bits per heavy atom. The smallest absolute Gasteiger partial charge is 0.251 e. The van der Waals surface area contributed by atoms with E-state index in [4.69, 9.17) is 4.74 Å². The minimum Gasteiger partial charge on any atom is -0.494 e. The first-order valence-corrected chi connectivity index (χ1v) is 10.8. The maximum Gasteiger partial charge on any atom is 0.251 e. The summed E-state index contributed by atoms with van der Waals surface area (Å²) in [6.45, 7) is 7.03. The number of aryl methyl sites for hydroxylation is 1. The number of rotatable bonds is 9. The van der Waals surface area contributed by atoms with Crippen LogP contribution in [0.5, 0.6) is 5.75 Å². The Labute approximate surface area is 177 Å². The SMILES string of the molecule is CCCCOc1ccc(C(=O)NCC(=O)N2CCC(c3nncn3CC)CC2)cc1. The highest BCUT2D eigenvalue weighted by atomic mass is 16.5.